The molecular weight excluding hydrogens is 272 g/mol. The van der Waals surface area contributed by atoms with Crippen LogP contribution in [-0.4, -0.2) is 30.8 Å². The SMILES string of the molecule is O=S(=O)(c1cccnc1)N1CC[C@H](c2ccccc2)C1. The molecule has 0 amide bonds. The van der Waals surface area contributed by atoms with Crippen LogP contribution >= 0.6 is 0 Å². The molecule has 0 N–H and O–H groups in total. The Morgan fingerprint density at radius 3 is 2.60 bits per heavy atom. The van der Waals surface area contributed by atoms with Crippen LogP contribution < -0.4 is 0 Å². The zero-order valence-corrected chi connectivity index (χ0v) is 11.8. The van der Waals surface area contributed by atoms with E-state index in [2.05, 4.69) is 17.1 Å². The highest BCUT2D eigenvalue weighted by molar-refractivity contribution is 7.89. The van der Waals surface area contributed by atoms with Gasteiger partial charge in [-0.05, 0) is 30.0 Å². The van der Waals surface area contributed by atoms with E-state index in [9.17, 15) is 8.42 Å². The molecule has 1 aromatic heterocycles. The molecule has 0 saturated carbocycles. The van der Waals surface area contributed by atoms with E-state index in [0.29, 0.717) is 13.1 Å². The van der Waals surface area contributed by atoms with Gasteiger partial charge in [-0.1, -0.05) is 30.3 Å². The van der Waals surface area contributed by atoms with E-state index in [-0.39, 0.29) is 10.8 Å². The summed E-state index contributed by atoms with van der Waals surface area (Å²) in [6.07, 6.45) is 3.85. The number of sulfonamides is 1. The molecule has 1 aromatic carbocycles. The summed E-state index contributed by atoms with van der Waals surface area (Å²) in [5, 5.41) is 0. The Hall–Kier alpha value is -1.72. The summed E-state index contributed by atoms with van der Waals surface area (Å²) >= 11 is 0. The van der Waals surface area contributed by atoms with Gasteiger partial charge in [-0.2, -0.15) is 4.31 Å². The van der Waals surface area contributed by atoms with E-state index in [0.717, 1.165) is 6.42 Å². The van der Waals surface area contributed by atoms with Gasteiger partial charge in [0.1, 0.15) is 4.90 Å². The molecule has 104 valence electrons. The molecule has 20 heavy (non-hydrogen) atoms. The van der Waals surface area contributed by atoms with Crippen LogP contribution in [0.1, 0.15) is 17.9 Å². The van der Waals surface area contributed by atoms with E-state index in [1.165, 1.54) is 11.8 Å². The molecule has 0 bridgehead atoms. The maximum atomic E-state index is 12.5. The second-order valence-electron chi connectivity index (χ2n) is 4.95. The zero-order chi connectivity index (χ0) is 14.0. The fourth-order valence-corrected chi connectivity index (χ4v) is 4.06. The number of hydrogen-bond acceptors (Lipinski definition) is 3. The molecule has 1 atom stereocenters. The van der Waals surface area contributed by atoms with E-state index < -0.39 is 10.0 Å². The lowest BCUT2D eigenvalue weighted by atomic mass is 9.99. The molecule has 1 saturated heterocycles. The first-order chi connectivity index (χ1) is 9.68. The topological polar surface area (TPSA) is 50.3 Å². The lowest BCUT2D eigenvalue weighted by molar-refractivity contribution is 0.472. The number of benzene rings is 1. The van der Waals surface area contributed by atoms with Crippen LogP contribution in [-0.2, 0) is 10.0 Å². The Balaban J connectivity index is 1.81. The second kappa shape index (κ2) is 5.34. The molecule has 0 aliphatic carbocycles. The third-order valence-corrected chi connectivity index (χ3v) is 5.54. The summed E-state index contributed by atoms with van der Waals surface area (Å²) in [5.74, 6) is 0.280. The highest BCUT2D eigenvalue weighted by Crippen LogP contribution is 2.30. The molecule has 2 aromatic rings. The Bertz CT molecular complexity index is 672. The van der Waals surface area contributed by atoms with Crippen LogP contribution in [0.2, 0.25) is 0 Å². The van der Waals surface area contributed by atoms with Crippen molar-refractivity contribution in [1.82, 2.24) is 9.29 Å². The molecule has 3 rings (SSSR count). The van der Waals surface area contributed by atoms with Crippen molar-refractivity contribution < 1.29 is 8.42 Å². The minimum absolute atomic E-state index is 0.272. The third kappa shape index (κ3) is 2.46. The predicted molar refractivity (Wildman–Crippen MR) is 76.8 cm³/mol. The van der Waals surface area contributed by atoms with Gasteiger partial charge in [0, 0.05) is 25.5 Å². The first-order valence-electron chi connectivity index (χ1n) is 6.63. The zero-order valence-electron chi connectivity index (χ0n) is 11.0. The maximum absolute atomic E-state index is 12.5. The molecule has 0 spiro atoms. The lowest BCUT2D eigenvalue weighted by Crippen LogP contribution is -2.28. The summed E-state index contributed by atoms with van der Waals surface area (Å²) in [4.78, 5) is 4.17. The smallest absolute Gasteiger partial charge is 0.244 e. The van der Waals surface area contributed by atoms with Gasteiger partial charge in [0.05, 0.1) is 0 Å². The summed E-state index contributed by atoms with van der Waals surface area (Å²) in [5.41, 5.74) is 1.20. The quantitative estimate of drug-likeness (QED) is 0.870. The molecule has 0 unspecified atom stereocenters. The first kappa shape index (κ1) is 13.3. The fourth-order valence-electron chi connectivity index (χ4n) is 2.59. The summed E-state index contributed by atoms with van der Waals surface area (Å²) in [6, 6.07) is 13.3. The van der Waals surface area contributed by atoms with Crippen molar-refractivity contribution in [2.75, 3.05) is 13.1 Å². The fraction of sp³-hybridized carbons (Fsp3) is 0.267. The van der Waals surface area contributed by atoms with E-state index in [1.54, 1.807) is 22.6 Å². The number of aromatic nitrogens is 1. The monoisotopic (exact) mass is 288 g/mol. The second-order valence-corrected chi connectivity index (χ2v) is 6.89. The minimum Gasteiger partial charge on any atom is -0.263 e. The first-order valence-corrected chi connectivity index (χ1v) is 8.07. The third-order valence-electron chi connectivity index (χ3n) is 3.69. The van der Waals surface area contributed by atoms with E-state index in [1.807, 2.05) is 18.2 Å². The highest BCUT2D eigenvalue weighted by atomic mass is 32.2. The van der Waals surface area contributed by atoms with Crippen LogP contribution in [0.15, 0.2) is 59.8 Å². The predicted octanol–water partition coefficient (Wildman–Crippen LogP) is 2.26. The van der Waals surface area contributed by atoms with Crippen LogP contribution in [0.4, 0.5) is 0 Å². The average molecular weight is 288 g/mol. The highest BCUT2D eigenvalue weighted by Gasteiger charge is 2.33. The van der Waals surface area contributed by atoms with Crippen molar-refractivity contribution in [2.24, 2.45) is 0 Å². The molecular formula is C15H16N2O2S. The Labute approximate surface area is 119 Å². The van der Waals surface area contributed by atoms with Gasteiger partial charge in [0.15, 0.2) is 0 Å². The number of pyridine rings is 1. The van der Waals surface area contributed by atoms with Gasteiger partial charge in [0.25, 0.3) is 0 Å². The number of hydrogen-bond donors (Lipinski definition) is 0. The molecule has 1 fully saturated rings. The molecule has 0 radical (unpaired) electrons. The van der Waals surface area contributed by atoms with Crippen LogP contribution in [0.5, 0.6) is 0 Å². The summed E-state index contributed by atoms with van der Waals surface area (Å²) in [6.45, 7) is 1.11. The van der Waals surface area contributed by atoms with Gasteiger partial charge in [-0.3, -0.25) is 4.98 Å². The van der Waals surface area contributed by atoms with Crippen LogP contribution in [0, 0.1) is 0 Å². The van der Waals surface area contributed by atoms with Gasteiger partial charge in [0.2, 0.25) is 10.0 Å². The van der Waals surface area contributed by atoms with Crippen molar-refractivity contribution in [2.45, 2.75) is 17.2 Å². The number of rotatable bonds is 3. The normalized spacial score (nSPS) is 20.1. The molecule has 1 aliphatic rings. The standard InChI is InChI=1S/C15H16N2O2S/c18-20(19,15-7-4-9-16-11-15)17-10-8-14(12-17)13-5-2-1-3-6-13/h1-7,9,11,14H,8,10,12H2/t14-/m0/s1. The van der Waals surface area contributed by atoms with Crippen LogP contribution in [0.3, 0.4) is 0 Å². The van der Waals surface area contributed by atoms with Gasteiger partial charge in [-0.25, -0.2) is 8.42 Å². The number of nitrogens with zero attached hydrogens (tertiary/aromatic N) is 2. The molecule has 4 nitrogen and oxygen atoms in total. The van der Waals surface area contributed by atoms with Gasteiger partial charge in [-0.15, -0.1) is 0 Å². The lowest BCUT2D eigenvalue weighted by Gasteiger charge is -2.16. The van der Waals surface area contributed by atoms with Crippen molar-refractivity contribution in [3.05, 3.63) is 60.4 Å². The van der Waals surface area contributed by atoms with Crippen molar-refractivity contribution in [1.29, 1.82) is 0 Å². The molecule has 1 aliphatic heterocycles. The minimum atomic E-state index is -3.41. The van der Waals surface area contributed by atoms with E-state index in [4.69, 9.17) is 0 Å². The van der Waals surface area contributed by atoms with Crippen molar-refractivity contribution in [3.8, 4) is 0 Å². The summed E-state index contributed by atoms with van der Waals surface area (Å²) < 4.78 is 26.6. The van der Waals surface area contributed by atoms with Gasteiger partial charge < -0.3 is 0 Å². The van der Waals surface area contributed by atoms with Gasteiger partial charge >= 0.3 is 0 Å². The summed E-state index contributed by atoms with van der Waals surface area (Å²) in [7, 11) is -3.41. The van der Waals surface area contributed by atoms with Crippen molar-refractivity contribution >= 4 is 10.0 Å². The molecule has 5 heteroatoms. The Morgan fingerprint density at radius 2 is 1.90 bits per heavy atom. The van der Waals surface area contributed by atoms with Crippen molar-refractivity contribution in [3.63, 3.8) is 0 Å². The Morgan fingerprint density at radius 1 is 1.10 bits per heavy atom. The average Bonchev–Trinajstić information content (AvgIpc) is 3.00. The van der Waals surface area contributed by atoms with E-state index >= 15 is 0 Å². The Kier molecular flexibility index (Phi) is 3.54. The maximum Gasteiger partial charge on any atom is 0.244 e. The van der Waals surface area contributed by atoms with Crippen LogP contribution in [0.25, 0.3) is 0 Å². The molecule has 2 heterocycles. The largest absolute Gasteiger partial charge is 0.263 e.